The summed E-state index contributed by atoms with van der Waals surface area (Å²) in [5.74, 6) is 0.178. The SMILES string of the molecule is C.O=C(NCCn1cnc2ccccc21)C1CCc2nc[nH]c2C1. The molecule has 0 spiro atoms. The average molecular weight is 325 g/mol. The molecular formula is C18H23N5O. The molecule has 24 heavy (non-hydrogen) atoms. The van der Waals surface area contributed by atoms with Gasteiger partial charge in [0, 0.05) is 31.1 Å². The number of carbonyl (C=O) groups is 1. The molecule has 6 heteroatoms. The molecular weight excluding hydrogens is 302 g/mol. The van der Waals surface area contributed by atoms with E-state index in [0.717, 1.165) is 48.2 Å². The lowest BCUT2D eigenvalue weighted by Gasteiger charge is -2.20. The van der Waals surface area contributed by atoms with Gasteiger partial charge in [-0.3, -0.25) is 4.79 Å². The van der Waals surface area contributed by atoms with Gasteiger partial charge in [0.05, 0.1) is 29.4 Å². The molecule has 4 rings (SSSR count). The minimum absolute atomic E-state index is 0. The maximum absolute atomic E-state index is 12.4. The van der Waals surface area contributed by atoms with E-state index in [1.54, 1.807) is 6.33 Å². The molecule has 0 fully saturated rings. The Labute approximate surface area is 141 Å². The van der Waals surface area contributed by atoms with Gasteiger partial charge in [0.1, 0.15) is 0 Å². The molecule has 1 atom stereocenters. The zero-order valence-electron chi connectivity index (χ0n) is 12.8. The van der Waals surface area contributed by atoms with Gasteiger partial charge in [-0.05, 0) is 25.0 Å². The minimum Gasteiger partial charge on any atom is -0.354 e. The fraction of sp³-hybridized carbons (Fsp3) is 0.389. The summed E-state index contributed by atoms with van der Waals surface area (Å²) in [6.07, 6.45) is 6.05. The van der Waals surface area contributed by atoms with Crippen molar-refractivity contribution >= 4 is 16.9 Å². The van der Waals surface area contributed by atoms with Crippen molar-refractivity contribution in [3.05, 3.63) is 48.3 Å². The second-order valence-corrected chi connectivity index (χ2v) is 5.99. The van der Waals surface area contributed by atoms with Gasteiger partial charge in [0.2, 0.25) is 5.91 Å². The quantitative estimate of drug-likeness (QED) is 0.773. The van der Waals surface area contributed by atoms with Crippen LogP contribution in [0, 0.1) is 5.92 Å². The van der Waals surface area contributed by atoms with E-state index in [1.165, 1.54) is 0 Å². The topological polar surface area (TPSA) is 75.6 Å². The highest BCUT2D eigenvalue weighted by atomic mass is 16.1. The first kappa shape index (κ1) is 16.2. The van der Waals surface area contributed by atoms with Gasteiger partial charge >= 0.3 is 0 Å². The van der Waals surface area contributed by atoms with E-state index >= 15 is 0 Å². The highest BCUT2D eigenvalue weighted by Gasteiger charge is 2.25. The first-order chi connectivity index (χ1) is 11.3. The predicted octanol–water partition coefficient (Wildman–Crippen LogP) is 2.32. The van der Waals surface area contributed by atoms with Gasteiger partial charge in [-0.25, -0.2) is 9.97 Å². The van der Waals surface area contributed by atoms with Crippen molar-refractivity contribution in [3.63, 3.8) is 0 Å². The lowest BCUT2D eigenvalue weighted by atomic mass is 9.89. The number of H-pyrrole nitrogens is 1. The molecule has 0 bridgehead atoms. The normalized spacial score (nSPS) is 16.4. The van der Waals surface area contributed by atoms with Gasteiger partial charge in [-0.15, -0.1) is 0 Å². The number of nitrogens with one attached hydrogen (secondary N) is 2. The fourth-order valence-corrected chi connectivity index (χ4v) is 3.26. The van der Waals surface area contributed by atoms with Crippen molar-refractivity contribution in [2.45, 2.75) is 33.2 Å². The molecule has 1 aromatic carbocycles. The van der Waals surface area contributed by atoms with Gasteiger partial charge in [0.25, 0.3) is 0 Å². The van der Waals surface area contributed by atoms with Crippen molar-refractivity contribution in [2.24, 2.45) is 5.92 Å². The second kappa shape index (κ2) is 6.86. The summed E-state index contributed by atoms with van der Waals surface area (Å²) in [6, 6.07) is 8.02. The highest BCUT2D eigenvalue weighted by molar-refractivity contribution is 5.79. The van der Waals surface area contributed by atoms with E-state index in [0.29, 0.717) is 6.54 Å². The van der Waals surface area contributed by atoms with Crippen LogP contribution in [0.15, 0.2) is 36.9 Å². The summed E-state index contributed by atoms with van der Waals surface area (Å²) in [4.78, 5) is 24.1. The number of amides is 1. The monoisotopic (exact) mass is 325 g/mol. The number of hydrogen-bond acceptors (Lipinski definition) is 3. The summed E-state index contributed by atoms with van der Waals surface area (Å²) in [5.41, 5.74) is 4.30. The van der Waals surface area contributed by atoms with Gasteiger partial charge in [-0.1, -0.05) is 19.6 Å². The molecule has 0 radical (unpaired) electrons. The molecule has 126 valence electrons. The molecule has 3 aromatic rings. The van der Waals surface area contributed by atoms with Gasteiger partial charge in [0.15, 0.2) is 0 Å². The summed E-state index contributed by atoms with van der Waals surface area (Å²) < 4.78 is 2.07. The molecule has 1 unspecified atom stereocenters. The average Bonchev–Trinajstić information content (AvgIpc) is 3.21. The van der Waals surface area contributed by atoms with Crippen LogP contribution in [0.5, 0.6) is 0 Å². The van der Waals surface area contributed by atoms with Crippen molar-refractivity contribution in [1.29, 1.82) is 0 Å². The molecule has 0 aliphatic heterocycles. The summed E-state index contributed by atoms with van der Waals surface area (Å²) in [7, 11) is 0. The molecule has 2 heterocycles. The lowest BCUT2D eigenvalue weighted by Crippen LogP contribution is -2.35. The standard InChI is InChI=1S/C17H19N5O.CH4/c23-17(12-5-6-13-15(9-12)20-10-19-13)18-7-8-22-11-21-14-3-1-2-4-16(14)22;/h1-4,10-12H,5-9H2,(H,18,23)(H,19,20);1H4. The number of fused-ring (bicyclic) bond motifs is 2. The van der Waals surface area contributed by atoms with Gasteiger partial charge < -0.3 is 14.9 Å². The van der Waals surface area contributed by atoms with E-state index in [-0.39, 0.29) is 19.3 Å². The Hall–Kier alpha value is -2.63. The van der Waals surface area contributed by atoms with Crippen molar-refractivity contribution in [3.8, 4) is 0 Å². The Morgan fingerprint density at radius 2 is 2.21 bits per heavy atom. The Bertz CT molecular complexity index is 835. The molecule has 2 N–H and O–H groups in total. The summed E-state index contributed by atoms with van der Waals surface area (Å²) >= 11 is 0. The number of para-hydroxylation sites is 2. The molecule has 0 saturated heterocycles. The zero-order chi connectivity index (χ0) is 15.6. The van der Waals surface area contributed by atoms with Crippen LogP contribution in [0.25, 0.3) is 11.0 Å². The third-order valence-electron chi connectivity index (χ3n) is 4.54. The Morgan fingerprint density at radius 3 is 3.12 bits per heavy atom. The van der Waals surface area contributed by atoms with E-state index in [4.69, 9.17) is 0 Å². The highest BCUT2D eigenvalue weighted by Crippen LogP contribution is 2.22. The van der Waals surface area contributed by atoms with E-state index < -0.39 is 0 Å². The number of benzene rings is 1. The van der Waals surface area contributed by atoms with E-state index in [9.17, 15) is 4.79 Å². The summed E-state index contributed by atoms with van der Waals surface area (Å²) in [6.45, 7) is 1.35. The van der Waals surface area contributed by atoms with Crippen LogP contribution in [0.1, 0.15) is 25.2 Å². The smallest absolute Gasteiger partial charge is 0.223 e. The van der Waals surface area contributed by atoms with Crippen LogP contribution in [0.4, 0.5) is 0 Å². The molecule has 6 nitrogen and oxygen atoms in total. The van der Waals surface area contributed by atoms with E-state index in [1.807, 2.05) is 30.6 Å². The first-order valence-electron chi connectivity index (χ1n) is 8.00. The molecule has 2 aromatic heterocycles. The van der Waals surface area contributed by atoms with Gasteiger partial charge in [-0.2, -0.15) is 0 Å². The van der Waals surface area contributed by atoms with Crippen LogP contribution < -0.4 is 5.32 Å². The molecule has 1 amide bonds. The maximum Gasteiger partial charge on any atom is 0.223 e. The number of aromatic amines is 1. The number of rotatable bonds is 4. The third kappa shape index (κ3) is 3.04. The minimum atomic E-state index is 0. The fourth-order valence-electron chi connectivity index (χ4n) is 3.26. The van der Waals surface area contributed by atoms with Crippen molar-refractivity contribution in [1.82, 2.24) is 24.8 Å². The maximum atomic E-state index is 12.4. The molecule has 1 aliphatic rings. The number of nitrogens with zero attached hydrogens (tertiary/aromatic N) is 3. The van der Waals surface area contributed by atoms with Crippen LogP contribution in [-0.4, -0.2) is 32.0 Å². The number of carbonyl (C=O) groups excluding carboxylic acids is 1. The molecule has 0 saturated carbocycles. The number of aryl methyl sites for hydroxylation is 1. The van der Waals surface area contributed by atoms with E-state index in [2.05, 4.69) is 24.8 Å². The number of aromatic nitrogens is 4. The Balaban J connectivity index is 0.00000169. The van der Waals surface area contributed by atoms with Crippen molar-refractivity contribution < 1.29 is 4.79 Å². The lowest BCUT2D eigenvalue weighted by molar-refractivity contribution is -0.125. The summed E-state index contributed by atoms with van der Waals surface area (Å²) in [5, 5.41) is 3.06. The largest absolute Gasteiger partial charge is 0.354 e. The third-order valence-corrected chi connectivity index (χ3v) is 4.54. The van der Waals surface area contributed by atoms with Crippen LogP contribution in [-0.2, 0) is 24.2 Å². The second-order valence-electron chi connectivity index (χ2n) is 5.99. The zero-order valence-corrected chi connectivity index (χ0v) is 12.8. The van der Waals surface area contributed by atoms with Crippen LogP contribution in [0.2, 0.25) is 0 Å². The number of imidazole rings is 2. The Kier molecular flexibility index (Phi) is 4.64. The van der Waals surface area contributed by atoms with Crippen LogP contribution in [0.3, 0.4) is 0 Å². The Morgan fingerprint density at radius 1 is 1.33 bits per heavy atom. The first-order valence-corrected chi connectivity index (χ1v) is 8.00. The van der Waals surface area contributed by atoms with Crippen LogP contribution >= 0.6 is 0 Å². The predicted molar refractivity (Wildman–Crippen MR) is 93.6 cm³/mol. The van der Waals surface area contributed by atoms with Crippen molar-refractivity contribution in [2.75, 3.05) is 6.54 Å². The number of hydrogen-bond donors (Lipinski definition) is 2. The molecule has 1 aliphatic carbocycles.